The van der Waals surface area contributed by atoms with Gasteiger partial charge in [-0.05, 0) is 30.2 Å². The largest absolute Gasteiger partial charge is 0.481 e. The number of aliphatic carboxylic acids is 1. The molecule has 0 spiro atoms. The average molecular weight is 449 g/mol. The number of benzene rings is 2. The lowest BCUT2D eigenvalue weighted by Gasteiger charge is -2.21. The molecule has 0 radical (unpaired) electrons. The molecule has 0 saturated heterocycles. The number of thiazole rings is 1. The first-order valence-corrected chi connectivity index (χ1v) is 10.4. The molecule has 0 aliphatic carbocycles. The number of hydrogen-bond donors (Lipinski definition) is 1. The van der Waals surface area contributed by atoms with E-state index >= 15 is 0 Å². The zero-order valence-corrected chi connectivity index (χ0v) is 17.8. The number of anilines is 1. The first-order valence-electron chi connectivity index (χ1n) is 8.78. The third-order valence-corrected chi connectivity index (χ3v) is 5.72. The fourth-order valence-corrected chi connectivity index (χ4v) is 4.31. The molecule has 0 aliphatic heterocycles. The second-order valence-corrected chi connectivity index (χ2v) is 8.26. The van der Waals surface area contributed by atoms with E-state index < -0.39 is 11.9 Å². The molecule has 1 amide bonds. The van der Waals surface area contributed by atoms with Crippen LogP contribution < -0.4 is 4.90 Å². The van der Waals surface area contributed by atoms with Crippen LogP contribution in [0.3, 0.4) is 0 Å². The summed E-state index contributed by atoms with van der Waals surface area (Å²) in [5.74, 6) is -1.99. The topological polar surface area (TPSA) is 70.5 Å². The van der Waals surface area contributed by atoms with E-state index in [1.165, 1.54) is 16.2 Å². The number of aromatic nitrogens is 1. The zero-order valence-electron chi connectivity index (χ0n) is 15.5. The molecule has 29 heavy (non-hydrogen) atoms. The standard InChI is InChI=1S/C21H18Cl2N2O3S/c1-25(20(28)15(10-19(26)27)7-13-5-3-2-4-6-13)21-24-18(12-29-21)14-8-16(22)11-17(23)9-14/h2-6,8-9,11-12,15H,7,10H2,1H3,(H,26,27). The average Bonchev–Trinajstić information content (AvgIpc) is 3.16. The second-order valence-electron chi connectivity index (χ2n) is 6.56. The van der Waals surface area contributed by atoms with Gasteiger partial charge in [0.1, 0.15) is 0 Å². The van der Waals surface area contributed by atoms with Crippen molar-refractivity contribution in [3.63, 3.8) is 0 Å². The molecular formula is C21H18Cl2N2O3S. The number of carboxylic acid groups (broad SMARTS) is 1. The van der Waals surface area contributed by atoms with Crippen LogP contribution in [-0.4, -0.2) is 29.0 Å². The molecule has 1 N–H and O–H groups in total. The van der Waals surface area contributed by atoms with Crippen molar-refractivity contribution >= 4 is 51.5 Å². The van der Waals surface area contributed by atoms with Gasteiger partial charge in [-0.15, -0.1) is 11.3 Å². The summed E-state index contributed by atoms with van der Waals surface area (Å²) < 4.78 is 0. The highest BCUT2D eigenvalue weighted by Gasteiger charge is 2.27. The number of halogens is 2. The summed E-state index contributed by atoms with van der Waals surface area (Å²) in [7, 11) is 1.61. The van der Waals surface area contributed by atoms with Crippen LogP contribution in [-0.2, 0) is 16.0 Å². The van der Waals surface area contributed by atoms with Gasteiger partial charge in [0, 0.05) is 28.0 Å². The SMILES string of the molecule is CN(C(=O)C(CC(=O)O)Cc1ccccc1)c1nc(-c2cc(Cl)cc(Cl)c2)cs1. The first kappa shape index (κ1) is 21.3. The predicted molar refractivity (Wildman–Crippen MR) is 117 cm³/mol. The van der Waals surface area contributed by atoms with Crippen LogP contribution >= 0.6 is 34.5 Å². The number of amides is 1. The fourth-order valence-electron chi connectivity index (χ4n) is 2.98. The van der Waals surface area contributed by atoms with Gasteiger partial charge in [0.15, 0.2) is 5.13 Å². The molecule has 150 valence electrons. The maximum atomic E-state index is 13.0. The van der Waals surface area contributed by atoms with Crippen LogP contribution in [0.15, 0.2) is 53.9 Å². The Balaban J connectivity index is 1.81. The van der Waals surface area contributed by atoms with E-state index in [1.807, 2.05) is 35.7 Å². The van der Waals surface area contributed by atoms with E-state index in [-0.39, 0.29) is 12.3 Å². The first-order chi connectivity index (χ1) is 13.8. The number of hydrogen-bond acceptors (Lipinski definition) is 4. The van der Waals surface area contributed by atoms with E-state index in [2.05, 4.69) is 4.98 Å². The maximum absolute atomic E-state index is 13.0. The van der Waals surface area contributed by atoms with Gasteiger partial charge in [-0.25, -0.2) is 4.98 Å². The molecule has 3 rings (SSSR count). The van der Waals surface area contributed by atoms with E-state index in [0.29, 0.717) is 27.3 Å². The number of rotatable bonds is 7. The van der Waals surface area contributed by atoms with Crippen molar-refractivity contribution in [2.45, 2.75) is 12.8 Å². The molecule has 5 nitrogen and oxygen atoms in total. The van der Waals surface area contributed by atoms with Gasteiger partial charge in [0.25, 0.3) is 0 Å². The molecule has 1 atom stereocenters. The fraction of sp³-hybridized carbons (Fsp3) is 0.190. The predicted octanol–water partition coefficient (Wildman–Crippen LogP) is 5.41. The molecule has 1 unspecified atom stereocenters. The van der Waals surface area contributed by atoms with Crippen molar-refractivity contribution in [3.05, 3.63) is 69.5 Å². The summed E-state index contributed by atoms with van der Waals surface area (Å²) in [5.41, 5.74) is 2.30. The molecule has 1 aromatic heterocycles. The lowest BCUT2D eigenvalue weighted by Crippen LogP contribution is -2.35. The normalized spacial score (nSPS) is 11.8. The Morgan fingerprint density at radius 1 is 1.14 bits per heavy atom. The highest BCUT2D eigenvalue weighted by atomic mass is 35.5. The summed E-state index contributed by atoms with van der Waals surface area (Å²) in [5, 5.41) is 12.5. The van der Waals surface area contributed by atoms with Crippen LogP contribution in [0.2, 0.25) is 10.0 Å². The van der Waals surface area contributed by atoms with Crippen LogP contribution in [0.25, 0.3) is 11.3 Å². The molecule has 0 aliphatic rings. The molecule has 3 aromatic rings. The van der Waals surface area contributed by atoms with Crippen molar-refractivity contribution in [3.8, 4) is 11.3 Å². The van der Waals surface area contributed by atoms with Crippen LogP contribution in [0.5, 0.6) is 0 Å². The third-order valence-electron chi connectivity index (χ3n) is 4.36. The van der Waals surface area contributed by atoms with Crippen LogP contribution in [0, 0.1) is 5.92 Å². The quantitative estimate of drug-likeness (QED) is 0.524. The molecular weight excluding hydrogens is 431 g/mol. The number of nitrogens with zero attached hydrogens (tertiary/aromatic N) is 2. The van der Waals surface area contributed by atoms with Crippen molar-refractivity contribution in [1.29, 1.82) is 0 Å². The summed E-state index contributed by atoms with van der Waals surface area (Å²) in [6, 6.07) is 14.5. The molecule has 2 aromatic carbocycles. The maximum Gasteiger partial charge on any atom is 0.304 e. The Kier molecular flexibility index (Phi) is 6.90. The van der Waals surface area contributed by atoms with E-state index in [9.17, 15) is 14.7 Å². The van der Waals surface area contributed by atoms with Gasteiger partial charge in [0.05, 0.1) is 18.0 Å². The van der Waals surface area contributed by atoms with Gasteiger partial charge in [-0.2, -0.15) is 0 Å². The monoisotopic (exact) mass is 448 g/mol. The third kappa shape index (κ3) is 5.56. The van der Waals surface area contributed by atoms with Gasteiger partial charge >= 0.3 is 5.97 Å². The highest BCUT2D eigenvalue weighted by Crippen LogP contribution is 2.31. The van der Waals surface area contributed by atoms with Crippen molar-refractivity contribution < 1.29 is 14.7 Å². The summed E-state index contributed by atoms with van der Waals surface area (Å²) in [4.78, 5) is 30.3. The van der Waals surface area contributed by atoms with Gasteiger partial charge in [0.2, 0.25) is 5.91 Å². The van der Waals surface area contributed by atoms with E-state index in [1.54, 1.807) is 25.2 Å². The van der Waals surface area contributed by atoms with Crippen LogP contribution in [0.4, 0.5) is 5.13 Å². The molecule has 1 heterocycles. The summed E-state index contributed by atoms with van der Waals surface area (Å²) in [6.07, 6.45) is 0.0959. The molecule has 0 bridgehead atoms. The van der Waals surface area contributed by atoms with E-state index in [0.717, 1.165) is 11.1 Å². The Morgan fingerprint density at radius 2 is 1.79 bits per heavy atom. The smallest absolute Gasteiger partial charge is 0.304 e. The van der Waals surface area contributed by atoms with Crippen molar-refractivity contribution in [2.75, 3.05) is 11.9 Å². The highest BCUT2D eigenvalue weighted by molar-refractivity contribution is 7.14. The Labute approximate surface area is 182 Å². The van der Waals surface area contributed by atoms with Crippen molar-refractivity contribution in [1.82, 2.24) is 4.98 Å². The summed E-state index contributed by atoms with van der Waals surface area (Å²) >= 11 is 13.4. The minimum Gasteiger partial charge on any atom is -0.481 e. The molecule has 0 saturated carbocycles. The number of carbonyl (C=O) groups excluding carboxylic acids is 1. The number of carbonyl (C=O) groups is 2. The minimum absolute atomic E-state index is 0.250. The number of carboxylic acids is 1. The molecule has 0 fully saturated rings. The Bertz CT molecular complexity index is 1000. The second kappa shape index (κ2) is 9.39. The van der Waals surface area contributed by atoms with Crippen molar-refractivity contribution in [2.24, 2.45) is 5.92 Å². The lowest BCUT2D eigenvalue weighted by molar-refractivity contribution is -0.140. The van der Waals surface area contributed by atoms with Gasteiger partial charge in [-0.1, -0.05) is 53.5 Å². The zero-order chi connectivity index (χ0) is 21.0. The lowest BCUT2D eigenvalue weighted by atomic mass is 9.95. The van der Waals surface area contributed by atoms with Gasteiger partial charge in [-0.3, -0.25) is 14.5 Å². The summed E-state index contributed by atoms with van der Waals surface area (Å²) in [6.45, 7) is 0. The molecule has 8 heteroatoms. The van der Waals surface area contributed by atoms with Gasteiger partial charge < -0.3 is 5.11 Å². The van der Waals surface area contributed by atoms with Crippen LogP contribution in [0.1, 0.15) is 12.0 Å². The Hall–Kier alpha value is -2.41. The minimum atomic E-state index is -1.01. The van der Waals surface area contributed by atoms with E-state index in [4.69, 9.17) is 23.2 Å². The Morgan fingerprint density at radius 3 is 2.41 bits per heavy atom.